The van der Waals surface area contributed by atoms with Crippen LogP contribution in [0.25, 0.3) is 97.1 Å². The number of carboxylic acid groups (broad SMARTS) is 1. The van der Waals surface area contributed by atoms with Crippen LogP contribution in [-0.4, -0.2) is 252 Å². The number of rotatable bonds is 19. The van der Waals surface area contributed by atoms with Gasteiger partial charge in [-0.25, -0.2) is 73.1 Å². The fourth-order valence-electron chi connectivity index (χ4n) is 12.8. The molecule has 6 atom stereocenters. The second kappa shape index (κ2) is 44.0. The van der Waals surface area contributed by atoms with Gasteiger partial charge >= 0.3 is 12.1 Å². The number of methoxy groups -OCH3 is 2. The van der Waals surface area contributed by atoms with E-state index < -0.39 is 78.1 Å². The van der Waals surface area contributed by atoms with Crippen molar-refractivity contribution in [3.8, 4) is 78.7 Å². The lowest BCUT2D eigenvalue weighted by Gasteiger charge is -2.33. The number of likely N-dealkylation sites (N-methyl/N-ethyl adjacent to an activating group) is 1. The van der Waals surface area contributed by atoms with Gasteiger partial charge in [-0.15, -0.1) is 0 Å². The Morgan fingerprint density at radius 2 is 0.785 bits per heavy atom. The summed E-state index contributed by atoms with van der Waals surface area (Å²) in [6.45, 7) is 7.55. The number of nitrogens with zero attached hydrogens (tertiary/aromatic N) is 21. The summed E-state index contributed by atoms with van der Waals surface area (Å²) < 4.78 is 135. The van der Waals surface area contributed by atoms with E-state index in [1.165, 1.54) is 75.7 Å². The summed E-state index contributed by atoms with van der Waals surface area (Å²) in [6.07, 6.45) is 31.1. The first-order valence-electron chi connectivity index (χ1n) is 39.5. The minimum Gasteiger partial charge on any atom is -0.481 e. The maximum Gasteiger partial charge on any atom is 0.490 e. The largest absolute Gasteiger partial charge is 0.490 e. The van der Waals surface area contributed by atoms with E-state index in [0.29, 0.717) is 47.6 Å². The normalized spacial score (nSPS) is 18.1. The Kier molecular flexibility index (Phi) is 31.7. The number of hydrogen-bond donors (Lipinski definition) is 7. The summed E-state index contributed by atoms with van der Waals surface area (Å²) in [7, 11) is 4.00. The molecule has 0 radical (unpaired) electrons. The molecule has 700 valence electrons. The van der Waals surface area contributed by atoms with Crippen LogP contribution in [0.1, 0.15) is 16.8 Å². The van der Waals surface area contributed by atoms with Crippen LogP contribution in [-0.2, 0) is 113 Å². The van der Waals surface area contributed by atoms with E-state index >= 15 is 0 Å². The molecular weight excluding hydrogens is 1880 g/mol. The maximum absolute atomic E-state index is 11.8. The summed E-state index contributed by atoms with van der Waals surface area (Å²) in [4.78, 5) is 106. The molecule has 7 aliphatic rings. The number of ether oxygens (including phenoxy) is 2. The molecule has 2 aromatic carbocycles. The molecule has 135 heavy (non-hydrogen) atoms. The van der Waals surface area contributed by atoms with E-state index in [9.17, 15) is 67.2 Å². The fourth-order valence-corrected chi connectivity index (χ4v) is 17.7. The third-order valence-corrected chi connectivity index (χ3v) is 25.5. The van der Waals surface area contributed by atoms with Gasteiger partial charge in [0.25, 0.3) is 35.4 Å². The van der Waals surface area contributed by atoms with Crippen LogP contribution in [0.15, 0.2) is 227 Å². The Labute approximate surface area is 780 Å². The highest BCUT2D eigenvalue weighted by molar-refractivity contribution is 7.95. The number of pyridine rings is 3. The number of carbonyl (C=O) groups is 7. The van der Waals surface area contributed by atoms with E-state index in [4.69, 9.17) is 19.4 Å². The van der Waals surface area contributed by atoms with Crippen LogP contribution in [0.4, 0.5) is 19.0 Å². The minimum absolute atomic E-state index is 0.301. The van der Waals surface area contributed by atoms with Crippen molar-refractivity contribution in [1.82, 2.24) is 127 Å². The molecule has 6 unspecified atom stereocenters. The topological polar surface area (TPSA) is 517 Å². The summed E-state index contributed by atoms with van der Waals surface area (Å²) in [5, 5.41) is 34.0. The van der Waals surface area contributed by atoms with Crippen molar-refractivity contribution in [2.75, 3.05) is 80.5 Å². The molecule has 7 N–H and O–H groups in total. The van der Waals surface area contributed by atoms with E-state index in [1.807, 2.05) is 83.6 Å². The summed E-state index contributed by atoms with van der Waals surface area (Å²) >= 11 is 0. The number of nitrogens with one attached hydrogen (secondary N) is 6. The van der Waals surface area contributed by atoms with Crippen molar-refractivity contribution in [1.29, 1.82) is 0 Å². The highest BCUT2D eigenvalue weighted by Gasteiger charge is 2.38. The number of anilines is 1. The van der Waals surface area contributed by atoms with Gasteiger partial charge in [0.15, 0.2) is 96.1 Å². The molecule has 52 heteroatoms. The number of hydrogen-bond acceptors (Lipinski definition) is 30. The zero-order valence-corrected chi connectivity index (χ0v) is 77.0. The van der Waals surface area contributed by atoms with E-state index in [-0.39, 0.29) is 35.4 Å². The third-order valence-electron chi connectivity index (χ3n) is 19.1. The van der Waals surface area contributed by atoms with Crippen molar-refractivity contribution in [3.63, 3.8) is 0 Å². The smallest absolute Gasteiger partial charge is 0.481 e. The molecular formula is C83H80F3N27O16S6. The number of aliphatic carboxylic acids is 1. The molecule has 0 bridgehead atoms. The Morgan fingerprint density at radius 1 is 0.415 bits per heavy atom. The molecule has 43 nitrogen and oxygen atoms in total. The molecule has 10 aromatic heterocycles. The van der Waals surface area contributed by atoms with Crippen LogP contribution in [0, 0.1) is 6.92 Å². The number of alkyl halides is 3. The predicted molar refractivity (Wildman–Crippen MR) is 494 cm³/mol. The number of piperazine rings is 1. The zero-order chi connectivity index (χ0) is 96.5. The van der Waals surface area contributed by atoms with Crippen LogP contribution < -0.4 is 42.7 Å². The average molecular weight is 1960 g/mol. The molecule has 1 saturated heterocycles. The van der Waals surface area contributed by atoms with Crippen LogP contribution in [0.5, 0.6) is 11.8 Å². The van der Waals surface area contributed by atoms with E-state index in [0.717, 1.165) is 112 Å². The summed E-state index contributed by atoms with van der Waals surface area (Å²) in [5.74, 6) is -3.04. The monoisotopic (exact) mass is 1960 g/mol. The van der Waals surface area contributed by atoms with Crippen molar-refractivity contribution < 1.29 is 86.6 Å². The fraction of sp³-hybridized carbons (Fsp3) is 0.181. The lowest BCUT2D eigenvalue weighted by molar-refractivity contribution is -0.192. The van der Waals surface area contributed by atoms with Crippen molar-refractivity contribution in [2.24, 2.45) is 0 Å². The highest BCUT2D eigenvalue weighted by atomic mass is 32.2. The number of benzene rings is 2. The zero-order valence-electron chi connectivity index (χ0n) is 72.2. The number of carboxylic acids is 1. The molecule has 0 spiro atoms. The minimum atomic E-state index is -5.08. The number of carbonyl (C=O) groups excluding carboxylic acids is 6. The van der Waals surface area contributed by atoms with Gasteiger partial charge in [-0.1, -0.05) is 42.5 Å². The van der Waals surface area contributed by atoms with Crippen molar-refractivity contribution >= 4 is 143 Å². The van der Waals surface area contributed by atoms with Gasteiger partial charge in [0.05, 0.1) is 63.3 Å². The van der Waals surface area contributed by atoms with Crippen LogP contribution in [0.3, 0.4) is 0 Å². The molecule has 0 saturated carbocycles. The standard InChI is InChI=1S/C16H18N6O2S.2C15H16N4O2S.C13H12N4O3S.C12H10N4O3S.C10H7N5O2S.C2HF3O2/c1-20-4-6-21(7-5-20)14-8-12(2-3-17-14)13-10-18-22(11-13)16-9-15(23)19-25(16)24;1-18(2)9-11-3-5-12(6-4-11)13-8-16-19(10-13)15-7-14(20)17-22(15)21;1-18(2)9-11-4-3-5-12(6-11)13-8-16-19(10-13)15-7-14(20)17-22(15)21;1-8-10(3-4-12(15-8)20-2)9-6-14-17(7-9)13-5-11(18)16-21(13)19;1-19-11-4-8(2-3-13-11)9-6-14-16(7-9)12-5-10(17)15-20(12)18;16-9-3-10(18(17)14-9)15-6-7(4-13-15)8-5-11-1-2-12-8;3-2(4,5)1(6)7/h2-3,8-11H,4-7H2,1H3,(H,19,23);2*3-8,10H,9H2,1-2H3,(H,17,20);3-7H,1-2H3,(H,16,18);2-7H,1H3,(H,15,17);1-6H,(H,14,16);(H,6,7). The predicted octanol–water partition coefficient (Wildman–Crippen LogP) is 4.66. The van der Waals surface area contributed by atoms with Crippen LogP contribution >= 0.6 is 0 Å². The molecule has 6 amide bonds. The molecule has 12 aromatic rings. The Balaban J connectivity index is 0.000000135. The van der Waals surface area contributed by atoms with Crippen LogP contribution in [0.2, 0.25) is 0 Å². The maximum atomic E-state index is 11.8. The van der Waals surface area contributed by atoms with Gasteiger partial charge in [-0.2, -0.15) is 43.8 Å². The van der Waals surface area contributed by atoms with E-state index in [2.05, 4.69) is 135 Å². The Bertz CT molecular complexity index is 6870. The SMILES string of the molecule is CN(C)Cc1ccc(-c2cnn(C3=CC(=O)NS3=O)c2)cc1.CN(C)Cc1cccc(-c2cnn(C3=CC(=O)NS3=O)c2)c1.CN1CCN(c2cc(-c3cnn(C4=CC(=O)NS4=O)c3)ccn2)CC1.COc1cc(-c2cnn(C3=CC(=O)NS3=O)c2)ccn1.COc1ccc(-c2cnn(C3=CC(=O)NS3=O)c2)c(C)n1.O=C(O)C(F)(F)F.O=C1C=C(n2cc(-c3cnccn3)cn2)S(=O)N1. The van der Waals surface area contributed by atoms with Gasteiger partial charge in [-0.3, -0.25) is 67.1 Å². The second-order valence-electron chi connectivity index (χ2n) is 29.4. The van der Waals surface area contributed by atoms with Crippen molar-refractivity contribution in [3.05, 3.63) is 244 Å². The summed E-state index contributed by atoms with van der Waals surface area (Å²) in [5.41, 5.74) is 13.8. The lowest BCUT2D eigenvalue weighted by atomic mass is 10.1. The highest BCUT2D eigenvalue weighted by Crippen LogP contribution is 2.32. The quantitative estimate of drug-likeness (QED) is 0.0578. The Morgan fingerprint density at radius 3 is 1.16 bits per heavy atom. The first-order valence-corrected chi connectivity index (χ1v) is 46.4. The van der Waals surface area contributed by atoms with Crippen molar-refractivity contribution in [2.45, 2.75) is 26.2 Å². The lowest BCUT2D eigenvalue weighted by Crippen LogP contribution is -2.44. The molecule has 19 rings (SSSR count). The van der Waals surface area contributed by atoms with Gasteiger partial charge < -0.3 is 34.2 Å². The second-order valence-corrected chi connectivity index (χ2v) is 36.3. The summed E-state index contributed by atoms with van der Waals surface area (Å²) in [6, 6.07) is 27.6. The molecule has 1 fully saturated rings. The number of halogens is 3. The van der Waals surface area contributed by atoms with Gasteiger partial charge in [0.2, 0.25) is 11.8 Å². The van der Waals surface area contributed by atoms with Gasteiger partial charge in [0.1, 0.15) is 5.82 Å². The van der Waals surface area contributed by atoms with E-state index in [1.54, 1.807) is 132 Å². The number of amides is 6. The number of aryl methyl sites for hydroxylation is 1. The van der Waals surface area contributed by atoms with Gasteiger partial charge in [0, 0.05) is 194 Å². The Hall–Kier alpha value is -15.1. The number of aromatic nitrogens is 17. The third kappa shape index (κ3) is 25.6. The average Bonchev–Trinajstić information content (AvgIpc) is 1.66. The molecule has 0 aliphatic carbocycles. The molecule has 7 aliphatic heterocycles. The van der Waals surface area contributed by atoms with Gasteiger partial charge in [-0.05, 0) is 106 Å². The first kappa shape index (κ1) is 97.5. The molecule has 17 heterocycles. The first-order chi connectivity index (χ1) is 64.6.